The number of anilines is 2. The van der Waals surface area contributed by atoms with Crippen molar-refractivity contribution in [1.29, 1.82) is 0 Å². The largest absolute Gasteiger partial charge is 0.388 e. The molecule has 5 nitrogen and oxygen atoms in total. The van der Waals surface area contributed by atoms with Crippen LogP contribution >= 0.6 is 0 Å². The molecule has 0 aliphatic rings. The van der Waals surface area contributed by atoms with Crippen LogP contribution in [0.3, 0.4) is 0 Å². The first-order chi connectivity index (χ1) is 16.4. The van der Waals surface area contributed by atoms with E-state index >= 15 is 0 Å². The topological polar surface area (TPSA) is 62.3 Å². The molecule has 0 aliphatic carbocycles. The summed E-state index contributed by atoms with van der Waals surface area (Å²) in [5.74, 6) is 0.0722. The standard InChI is InChI=1S/C17H20N2O.C12H9NO/c1-12(20)16-9-8-14(11-17(16)18-2)13-6-5-7-15(10-13)19(3)4;14-9-10-6-12(8-13-7-10)11-4-2-1-3-5-11/h5-11,18H,1-4H3;1-9H. The lowest BCUT2D eigenvalue weighted by Crippen LogP contribution is -2.08. The zero-order valence-electron chi connectivity index (χ0n) is 19.9. The van der Waals surface area contributed by atoms with E-state index in [1.165, 1.54) is 0 Å². The van der Waals surface area contributed by atoms with Crippen molar-refractivity contribution in [3.05, 3.63) is 102 Å². The lowest BCUT2D eigenvalue weighted by Gasteiger charge is -2.14. The Bertz CT molecular complexity index is 1270. The van der Waals surface area contributed by atoms with Gasteiger partial charge in [-0.05, 0) is 53.9 Å². The van der Waals surface area contributed by atoms with Crippen LogP contribution in [0.25, 0.3) is 22.3 Å². The van der Waals surface area contributed by atoms with E-state index < -0.39 is 0 Å². The van der Waals surface area contributed by atoms with Crippen molar-refractivity contribution in [2.45, 2.75) is 6.92 Å². The lowest BCUT2D eigenvalue weighted by atomic mass is 10.00. The Morgan fingerprint density at radius 2 is 1.53 bits per heavy atom. The van der Waals surface area contributed by atoms with E-state index in [0.29, 0.717) is 5.56 Å². The van der Waals surface area contributed by atoms with Crippen LogP contribution in [0.2, 0.25) is 0 Å². The van der Waals surface area contributed by atoms with Crippen LogP contribution in [-0.2, 0) is 0 Å². The van der Waals surface area contributed by atoms with Gasteiger partial charge in [-0.2, -0.15) is 0 Å². The second kappa shape index (κ2) is 11.6. The van der Waals surface area contributed by atoms with Gasteiger partial charge in [0.15, 0.2) is 12.1 Å². The van der Waals surface area contributed by atoms with Crippen molar-refractivity contribution in [3.8, 4) is 22.3 Å². The number of nitrogens with zero attached hydrogens (tertiary/aromatic N) is 2. The van der Waals surface area contributed by atoms with Crippen LogP contribution in [0.15, 0.2) is 91.3 Å². The summed E-state index contributed by atoms with van der Waals surface area (Å²) in [7, 11) is 5.88. The molecule has 172 valence electrons. The predicted molar refractivity (Wildman–Crippen MR) is 141 cm³/mol. The van der Waals surface area contributed by atoms with Crippen LogP contribution in [0.4, 0.5) is 11.4 Å². The Kier molecular flexibility index (Phi) is 8.30. The van der Waals surface area contributed by atoms with Gasteiger partial charge in [-0.15, -0.1) is 0 Å². The van der Waals surface area contributed by atoms with Crippen LogP contribution < -0.4 is 10.2 Å². The Morgan fingerprint density at radius 1 is 0.824 bits per heavy atom. The van der Waals surface area contributed by atoms with Crippen molar-refractivity contribution in [3.63, 3.8) is 0 Å². The molecule has 1 heterocycles. The third-order valence-electron chi connectivity index (χ3n) is 5.37. The van der Waals surface area contributed by atoms with Gasteiger partial charge in [-0.3, -0.25) is 14.6 Å². The van der Waals surface area contributed by atoms with Gasteiger partial charge in [0.05, 0.1) is 0 Å². The molecule has 0 radical (unpaired) electrons. The molecule has 34 heavy (non-hydrogen) atoms. The first-order valence-electron chi connectivity index (χ1n) is 11.0. The van der Waals surface area contributed by atoms with Gasteiger partial charge < -0.3 is 10.2 Å². The molecule has 1 aromatic heterocycles. The fourth-order valence-corrected chi connectivity index (χ4v) is 3.51. The van der Waals surface area contributed by atoms with E-state index in [1.54, 1.807) is 19.3 Å². The minimum atomic E-state index is 0.0722. The number of carbonyl (C=O) groups is 2. The molecule has 1 N–H and O–H groups in total. The highest BCUT2D eigenvalue weighted by Gasteiger charge is 2.08. The number of aldehydes is 1. The molecule has 0 fully saturated rings. The zero-order valence-corrected chi connectivity index (χ0v) is 19.9. The Labute approximate surface area is 201 Å². The Balaban J connectivity index is 0.000000202. The number of hydrogen-bond acceptors (Lipinski definition) is 5. The number of rotatable bonds is 6. The van der Waals surface area contributed by atoms with E-state index in [1.807, 2.05) is 81.8 Å². The highest BCUT2D eigenvalue weighted by atomic mass is 16.1. The number of benzene rings is 3. The molecule has 3 aromatic carbocycles. The minimum absolute atomic E-state index is 0.0722. The smallest absolute Gasteiger partial charge is 0.161 e. The number of Topliss-reactive ketones (excluding diaryl/α,β-unsaturated/α-hetero) is 1. The predicted octanol–water partition coefficient (Wildman–Crippen LogP) is 6.23. The van der Waals surface area contributed by atoms with E-state index in [4.69, 9.17) is 0 Å². The number of carbonyl (C=O) groups excluding carboxylic acids is 2. The molecule has 4 rings (SSSR count). The van der Waals surface area contributed by atoms with Crippen molar-refractivity contribution in [1.82, 2.24) is 4.98 Å². The fraction of sp³-hybridized carbons (Fsp3) is 0.138. The van der Waals surface area contributed by atoms with Crippen molar-refractivity contribution >= 4 is 23.4 Å². The van der Waals surface area contributed by atoms with Gasteiger partial charge >= 0.3 is 0 Å². The van der Waals surface area contributed by atoms with Gasteiger partial charge in [0, 0.05) is 61.6 Å². The maximum absolute atomic E-state index is 11.6. The monoisotopic (exact) mass is 451 g/mol. The van der Waals surface area contributed by atoms with E-state index in [0.717, 1.165) is 45.5 Å². The second-order valence-electron chi connectivity index (χ2n) is 8.00. The Morgan fingerprint density at radius 3 is 2.18 bits per heavy atom. The van der Waals surface area contributed by atoms with Gasteiger partial charge in [0.1, 0.15) is 0 Å². The normalized spacial score (nSPS) is 10.0. The van der Waals surface area contributed by atoms with Gasteiger partial charge in [-0.1, -0.05) is 48.5 Å². The summed E-state index contributed by atoms with van der Waals surface area (Å²) in [6, 6.07) is 25.9. The molecular weight excluding hydrogens is 422 g/mol. The van der Waals surface area contributed by atoms with Gasteiger partial charge in [-0.25, -0.2) is 0 Å². The first-order valence-corrected chi connectivity index (χ1v) is 11.0. The first kappa shape index (κ1) is 24.4. The SMILES string of the molecule is CNc1cc(-c2cccc(N(C)C)c2)ccc1C(C)=O.O=Cc1cncc(-c2ccccc2)c1. The maximum Gasteiger partial charge on any atom is 0.161 e. The van der Waals surface area contributed by atoms with Gasteiger partial charge in [0.2, 0.25) is 0 Å². The molecule has 4 aromatic rings. The third-order valence-corrected chi connectivity index (χ3v) is 5.37. The van der Waals surface area contributed by atoms with Crippen molar-refractivity contribution in [2.24, 2.45) is 0 Å². The van der Waals surface area contributed by atoms with E-state index in [9.17, 15) is 9.59 Å². The van der Waals surface area contributed by atoms with Crippen LogP contribution in [-0.4, -0.2) is 38.2 Å². The lowest BCUT2D eigenvalue weighted by molar-refractivity contribution is 0.101. The number of hydrogen-bond donors (Lipinski definition) is 1. The molecule has 0 saturated heterocycles. The van der Waals surface area contributed by atoms with E-state index in [2.05, 4.69) is 33.4 Å². The van der Waals surface area contributed by atoms with E-state index in [-0.39, 0.29) is 5.78 Å². The number of pyridine rings is 1. The molecular formula is C29H29N3O2. The van der Waals surface area contributed by atoms with Gasteiger partial charge in [0.25, 0.3) is 0 Å². The van der Waals surface area contributed by atoms with Crippen molar-refractivity contribution in [2.75, 3.05) is 31.4 Å². The van der Waals surface area contributed by atoms with Crippen LogP contribution in [0.1, 0.15) is 27.6 Å². The molecule has 0 aliphatic heterocycles. The maximum atomic E-state index is 11.6. The average molecular weight is 452 g/mol. The summed E-state index contributed by atoms with van der Waals surface area (Å²) < 4.78 is 0. The quantitative estimate of drug-likeness (QED) is 0.278. The summed E-state index contributed by atoms with van der Waals surface area (Å²) in [6.45, 7) is 1.59. The molecule has 0 atom stereocenters. The molecule has 0 amide bonds. The molecule has 0 saturated carbocycles. The zero-order chi connectivity index (χ0) is 24.5. The second-order valence-corrected chi connectivity index (χ2v) is 8.00. The van der Waals surface area contributed by atoms with Crippen LogP contribution in [0.5, 0.6) is 0 Å². The molecule has 5 heteroatoms. The third kappa shape index (κ3) is 6.17. The molecule has 0 spiro atoms. The Hall–Kier alpha value is -4.25. The highest BCUT2D eigenvalue weighted by molar-refractivity contribution is 6.00. The summed E-state index contributed by atoms with van der Waals surface area (Å²) in [6.07, 6.45) is 4.11. The number of nitrogens with one attached hydrogen (secondary N) is 1. The minimum Gasteiger partial charge on any atom is -0.388 e. The highest BCUT2D eigenvalue weighted by Crippen LogP contribution is 2.28. The summed E-state index contributed by atoms with van der Waals surface area (Å²) >= 11 is 0. The summed E-state index contributed by atoms with van der Waals surface area (Å²) in [5.41, 5.74) is 7.63. The average Bonchev–Trinajstić information content (AvgIpc) is 2.89. The van der Waals surface area contributed by atoms with Crippen molar-refractivity contribution < 1.29 is 9.59 Å². The summed E-state index contributed by atoms with van der Waals surface area (Å²) in [5, 5.41) is 3.09. The fourth-order valence-electron chi connectivity index (χ4n) is 3.51. The molecule has 0 unspecified atom stereocenters. The van der Waals surface area contributed by atoms with Crippen LogP contribution in [0, 0.1) is 0 Å². The number of aromatic nitrogens is 1. The number of ketones is 1. The molecule has 0 bridgehead atoms. The summed E-state index contributed by atoms with van der Waals surface area (Å²) in [4.78, 5) is 28.2.